The highest BCUT2D eigenvalue weighted by Gasteiger charge is 2.48. The summed E-state index contributed by atoms with van der Waals surface area (Å²) in [6, 6.07) is 4.46. The fourth-order valence-corrected chi connectivity index (χ4v) is 6.32. The number of aromatic nitrogens is 1. The van der Waals surface area contributed by atoms with Crippen LogP contribution in [0.25, 0.3) is 10.2 Å². The Hall–Kier alpha value is -1.86. The molecule has 1 N–H and O–H groups in total. The van der Waals surface area contributed by atoms with Gasteiger partial charge in [0.05, 0.1) is 16.8 Å². The number of carbonyl (C=O) groups is 2. The second-order valence-electron chi connectivity index (χ2n) is 9.50. The Morgan fingerprint density at radius 2 is 1.91 bits per heavy atom. The Bertz CT molecular complexity index is 970. The van der Waals surface area contributed by atoms with Crippen molar-refractivity contribution in [2.75, 3.05) is 26.2 Å². The highest BCUT2D eigenvalue weighted by Crippen LogP contribution is 2.36. The fraction of sp³-hybridized carbons (Fsp3) is 0.680. The van der Waals surface area contributed by atoms with Crippen molar-refractivity contribution < 1.29 is 9.59 Å². The molecule has 1 fully saturated rings. The topological polar surface area (TPSA) is 57.6 Å². The zero-order chi connectivity index (χ0) is 22.9. The van der Waals surface area contributed by atoms with E-state index < -0.39 is 5.54 Å². The smallest absolute Gasteiger partial charge is 0.271 e. The van der Waals surface area contributed by atoms with Crippen LogP contribution in [0.15, 0.2) is 12.1 Å². The molecule has 1 aliphatic heterocycles. The second kappa shape index (κ2) is 9.56. The molecular formula is C25H38N4O2S. The number of thiophene rings is 1. The van der Waals surface area contributed by atoms with E-state index in [2.05, 4.69) is 41.6 Å². The summed E-state index contributed by atoms with van der Waals surface area (Å²) in [5, 5.41) is 3.33. The third-order valence-corrected chi connectivity index (χ3v) is 8.69. The Kier molecular flexibility index (Phi) is 6.96. The summed E-state index contributed by atoms with van der Waals surface area (Å²) in [5.41, 5.74) is 0.918. The maximum absolute atomic E-state index is 13.8. The van der Waals surface area contributed by atoms with Gasteiger partial charge in [0.15, 0.2) is 0 Å². The summed E-state index contributed by atoms with van der Waals surface area (Å²) < 4.78 is 3.24. The quantitative estimate of drug-likeness (QED) is 0.643. The number of rotatable bonds is 8. The van der Waals surface area contributed by atoms with Crippen molar-refractivity contribution in [3.05, 3.63) is 22.7 Å². The SMILES string of the molecule is CCc1cc2c(cc3n2CC(C)(C(=O)NC2CCCCC2)N(CCN(CC)CC)C3=O)s1. The Balaban J connectivity index is 1.68. The van der Waals surface area contributed by atoms with Crippen molar-refractivity contribution in [2.45, 2.75) is 84.3 Å². The zero-order valence-corrected chi connectivity index (χ0v) is 20.9. The maximum atomic E-state index is 13.8. The summed E-state index contributed by atoms with van der Waals surface area (Å²) in [7, 11) is 0. The van der Waals surface area contributed by atoms with Crippen molar-refractivity contribution in [3.8, 4) is 0 Å². The molecule has 1 aliphatic carbocycles. The van der Waals surface area contributed by atoms with Crippen LogP contribution in [0.4, 0.5) is 0 Å². The number of nitrogens with one attached hydrogen (secondary N) is 1. The molecule has 4 rings (SSSR count). The normalized spacial score (nSPS) is 22.0. The van der Waals surface area contributed by atoms with E-state index in [9.17, 15) is 9.59 Å². The number of fused-ring (bicyclic) bond motifs is 3. The number of amides is 2. The average Bonchev–Trinajstić information content (AvgIpc) is 3.35. The molecule has 1 atom stereocenters. The minimum atomic E-state index is -0.894. The highest BCUT2D eigenvalue weighted by molar-refractivity contribution is 7.19. The number of nitrogens with zero attached hydrogens (tertiary/aromatic N) is 3. The number of likely N-dealkylation sites (N-methyl/N-ethyl adjacent to an activating group) is 1. The van der Waals surface area contributed by atoms with Gasteiger partial charge in [-0.1, -0.05) is 40.0 Å². The summed E-state index contributed by atoms with van der Waals surface area (Å²) in [6.45, 7) is 12.1. The minimum absolute atomic E-state index is 0.00394. The van der Waals surface area contributed by atoms with Crippen LogP contribution >= 0.6 is 11.3 Å². The summed E-state index contributed by atoms with van der Waals surface area (Å²) >= 11 is 1.76. The first-order valence-corrected chi connectivity index (χ1v) is 13.2. The lowest BCUT2D eigenvalue weighted by atomic mass is 9.91. The van der Waals surface area contributed by atoms with Crippen molar-refractivity contribution in [2.24, 2.45) is 0 Å². The molecule has 1 saturated carbocycles. The minimum Gasteiger partial charge on any atom is -0.351 e. The summed E-state index contributed by atoms with van der Waals surface area (Å²) in [6.07, 6.45) is 6.66. The van der Waals surface area contributed by atoms with Crippen LogP contribution in [0.5, 0.6) is 0 Å². The van der Waals surface area contributed by atoms with E-state index in [0.717, 1.165) is 54.8 Å². The summed E-state index contributed by atoms with van der Waals surface area (Å²) in [5.74, 6) is -0.0260. The molecule has 7 heteroatoms. The van der Waals surface area contributed by atoms with Crippen LogP contribution in [0.2, 0.25) is 0 Å². The van der Waals surface area contributed by atoms with Crippen LogP contribution in [-0.2, 0) is 17.8 Å². The van der Waals surface area contributed by atoms with Gasteiger partial charge in [0.25, 0.3) is 5.91 Å². The summed E-state index contributed by atoms with van der Waals surface area (Å²) in [4.78, 5) is 33.0. The lowest BCUT2D eigenvalue weighted by Gasteiger charge is -2.45. The van der Waals surface area contributed by atoms with Gasteiger partial charge in [-0.25, -0.2) is 0 Å². The first-order valence-electron chi connectivity index (χ1n) is 12.4. The zero-order valence-electron chi connectivity index (χ0n) is 20.1. The number of carbonyl (C=O) groups excluding carboxylic acids is 2. The first kappa shape index (κ1) is 23.3. The molecule has 3 heterocycles. The molecule has 0 aromatic carbocycles. The van der Waals surface area contributed by atoms with Crippen molar-refractivity contribution >= 4 is 33.4 Å². The molecule has 32 heavy (non-hydrogen) atoms. The van der Waals surface area contributed by atoms with Crippen LogP contribution in [0.3, 0.4) is 0 Å². The Morgan fingerprint density at radius 1 is 1.19 bits per heavy atom. The average molecular weight is 459 g/mol. The van der Waals surface area contributed by atoms with E-state index in [1.807, 2.05) is 17.9 Å². The molecule has 6 nitrogen and oxygen atoms in total. The maximum Gasteiger partial charge on any atom is 0.271 e. The lowest BCUT2D eigenvalue weighted by molar-refractivity contribution is -0.133. The van der Waals surface area contributed by atoms with E-state index in [1.54, 1.807) is 11.3 Å². The molecule has 0 radical (unpaired) electrons. The predicted octanol–water partition coefficient (Wildman–Crippen LogP) is 4.27. The number of aryl methyl sites for hydroxylation is 1. The van der Waals surface area contributed by atoms with Gasteiger partial charge in [-0.2, -0.15) is 0 Å². The van der Waals surface area contributed by atoms with Gasteiger partial charge < -0.3 is 19.7 Å². The van der Waals surface area contributed by atoms with E-state index in [4.69, 9.17) is 0 Å². The molecule has 0 spiro atoms. The van der Waals surface area contributed by atoms with Crippen LogP contribution < -0.4 is 5.32 Å². The van der Waals surface area contributed by atoms with Gasteiger partial charge in [-0.3, -0.25) is 9.59 Å². The van der Waals surface area contributed by atoms with E-state index in [-0.39, 0.29) is 17.9 Å². The molecule has 0 bridgehead atoms. The highest BCUT2D eigenvalue weighted by atomic mass is 32.1. The van der Waals surface area contributed by atoms with Gasteiger partial charge in [0.2, 0.25) is 5.91 Å². The second-order valence-corrected chi connectivity index (χ2v) is 10.7. The van der Waals surface area contributed by atoms with Gasteiger partial charge in [0.1, 0.15) is 11.2 Å². The largest absolute Gasteiger partial charge is 0.351 e. The van der Waals surface area contributed by atoms with Gasteiger partial charge in [0, 0.05) is 24.0 Å². The van der Waals surface area contributed by atoms with Gasteiger partial charge in [-0.05, 0) is 51.4 Å². The molecule has 176 valence electrons. The molecule has 2 aromatic rings. The molecule has 0 saturated heterocycles. The van der Waals surface area contributed by atoms with Crippen LogP contribution in [0.1, 0.15) is 75.2 Å². The Labute approximate surface area is 195 Å². The van der Waals surface area contributed by atoms with Crippen LogP contribution in [-0.4, -0.2) is 63.9 Å². The first-order chi connectivity index (χ1) is 15.4. The molecule has 2 amide bonds. The standard InChI is InChI=1S/C25H38N4O2S/c1-5-19-15-20-22(32-19)16-21-23(30)29(14-13-27(6-2)7-3)25(4,17-28(20)21)24(31)26-18-11-9-8-10-12-18/h15-16,18H,5-14,17H2,1-4H3,(H,26,31). The van der Waals surface area contributed by atoms with Crippen LogP contribution in [0, 0.1) is 0 Å². The van der Waals surface area contributed by atoms with E-state index >= 15 is 0 Å². The monoisotopic (exact) mass is 458 g/mol. The van der Waals surface area contributed by atoms with Gasteiger partial charge in [-0.15, -0.1) is 11.3 Å². The number of hydrogen-bond acceptors (Lipinski definition) is 4. The van der Waals surface area contributed by atoms with Crippen molar-refractivity contribution in [3.63, 3.8) is 0 Å². The van der Waals surface area contributed by atoms with Gasteiger partial charge >= 0.3 is 0 Å². The third-order valence-electron chi connectivity index (χ3n) is 7.48. The third kappa shape index (κ3) is 4.21. The Morgan fingerprint density at radius 3 is 2.56 bits per heavy atom. The van der Waals surface area contributed by atoms with E-state index in [1.165, 1.54) is 24.1 Å². The molecule has 1 unspecified atom stereocenters. The molecule has 2 aromatic heterocycles. The number of hydrogen-bond donors (Lipinski definition) is 1. The molecule has 2 aliphatic rings. The lowest BCUT2D eigenvalue weighted by Crippen LogP contribution is -2.65. The van der Waals surface area contributed by atoms with Crippen molar-refractivity contribution in [1.82, 2.24) is 19.7 Å². The fourth-order valence-electron chi connectivity index (χ4n) is 5.28. The molecular weight excluding hydrogens is 420 g/mol. The van der Waals surface area contributed by atoms with Crippen molar-refractivity contribution in [1.29, 1.82) is 0 Å². The predicted molar refractivity (Wildman–Crippen MR) is 131 cm³/mol. The van der Waals surface area contributed by atoms with E-state index in [0.29, 0.717) is 13.1 Å².